The molecule has 1 N–H and O–H groups in total. The zero-order valence-electron chi connectivity index (χ0n) is 10.5. The molecule has 0 aliphatic carbocycles. The minimum absolute atomic E-state index is 0.579. The third-order valence-electron chi connectivity index (χ3n) is 2.53. The van der Waals surface area contributed by atoms with Gasteiger partial charge in [-0.3, -0.25) is 4.98 Å². The molecule has 1 aromatic rings. The lowest BCUT2D eigenvalue weighted by atomic mass is 10.0. The van der Waals surface area contributed by atoms with Crippen molar-refractivity contribution in [3.8, 4) is 5.75 Å². The van der Waals surface area contributed by atoms with Crippen LogP contribution in [-0.2, 0) is 6.42 Å². The van der Waals surface area contributed by atoms with Gasteiger partial charge in [-0.1, -0.05) is 13.8 Å². The number of ether oxygens (including phenoxy) is 1. The maximum absolute atomic E-state index is 5.29. The Morgan fingerprint density at radius 2 is 2.31 bits per heavy atom. The quantitative estimate of drug-likeness (QED) is 0.719. The molecule has 0 saturated carbocycles. The van der Waals surface area contributed by atoms with Crippen molar-refractivity contribution < 1.29 is 4.74 Å². The largest absolute Gasteiger partial charge is 0.495 e. The first-order valence-corrected chi connectivity index (χ1v) is 5.96. The molecular weight excluding hydrogens is 200 g/mol. The Balaban J connectivity index is 2.45. The summed E-state index contributed by atoms with van der Waals surface area (Å²) in [4.78, 5) is 4.36. The third-order valence-corrected chi connectivity index (χ3v) is 2.53. The van der Waals surface area contributed by atoms with Gasteiger partial charge in [0.1, 0.15) is 5.75 Å². The van der Waals surface area contributed by atoms with Crippen LogP contribution < -0.4 is 10.1 Å². The van der Waals surface area contributed by atoms with Gasteiger partial charge in [0.05, 0.1) is 12.8 Å². The summed E-state index contributed by atoms with van der Waals surface area (Å²) in [5.74, 6) is 1.47. The van der Waals surface area contributed by atoms with E-state index in [0.29, 0.717) is 5.92 Å². The number of rotatable bonds is 7. The van der Waals surface area contributed by atoms with Crippen LogP contribution in [0.25, 0.3) is 0 Å². The monoisotopic (exact) mass is 222 g/mol. The van der Waals surface area contributed by atoms with E-state index in [9.17, 15) is 0 Å². The Kier molecular flexibility index (Phi) is 5.86. The van der Waals surface area contributed by atoms with Crippen molar-refractivity contribution >= 4 is 0 Å². The van der Waals surface area contributed by atoms with Gasteiger partial charge in [0, 0.05) is 6.20 Å². The lowest BCUT2D eigenvalue weighted by Gasteiger charge is -2.13. The lowest BCUT2D eigenvalue weighted by molar-refractivity contribution is 0.400. The molecule has 3 heteroatoms. The molecule has 1 rings (SSSR count). The van der Waals surface area contributed by atoms with E-state index in [2.05, 4.69) is 24.1 Å². The number of nitrogens with one attached hydrogen (secondary N) is 1. The SMILES string of the molecule is CCCNCC(C)Cc1ncccc1OC. The summed E-state index contributed by atoms with van der Waals surface area (Å²) >= 11 is 0. The van der Waals surface area contributed by atoms with E-state index >= 15 is 0 Å². The van der Waals surface area contributed by atoms with Crippen LogP contribution in [0.4, 0.5) is 0 Å². The summed E-state index contributed by atoms with van der Waals surface area (Å²) in [5, 5.41) is 3.42. The summed E-state index contributed by atoms with van der Waals surface area (Å²) in [7, 11) is 1.69. The van der Waals surface area contributed by atoms with Crippen LogP contribution in [0.1, 0.15) is 26.0 Å². The van der Waals surface area contributed by atoms with Crippen molar-refractivity contribution in [2.75, 3.05) is 20.2 Å². The Morgan fingerprint density at radius 1 is 1.50 bits per heavy atom. The van der Waals surface area contributed by atoms with E-state index in [-0.39, 0.29) is 0 Å². The zero-order chi connectivity index (χ0) is 11.8. The molecule has 0 aliphatic heterocycles. The molecule has 90 valence electrons. The molecule has 0 fully saturated rings. The van der Waals surface area contributed by atoms with Crippen molar-refractivity contribution in [1.29, 1.82) is 0 Å². The van der Waals surface area contributed by atoms with E-state index < -0.39 is 0 Å². The Bertz CT molecular complexity index is 302. The third kappa shape index (κ3) is 4.19. The van der Waals surface area contributed by atoms with Gasteiger partial charge in [-0.05, 0) is 44.0 Å². The van der Waals surface area contributed by atoms with Gasteiger partial charge in [0.25, 0.3) is 0 Å². The van der Waals surface area contributed by atoms with Crippen LogP contribution in [0.5, 0.6) is 5.75 Å². The highest BCUT2D eigenvalue weighted by Crippen LogP contribution is 2.17. The zero-order valence-corrected chi connectivity index (χ0v) is 10.5. The molecule has 0 amide bonds. The highest BCUT2D eigenvalue weighted by molar-refractivity contribution is 5.26. The van der Waals surface area contributed by atoms with Crippen molar-refractivity contribution in [3.63, 3.8) is 0 Å². The molecular formula is C13H22N2O. The van der Waals surface area contributed by atoms with Crippen molar-refractivity contribution in [3.05, 3.63) is 24.0 Å². The molecule has 0 bridgehead atoms. The van der Waals surface area contributed by atoms with E-state index in [1.54, 1.807) is 7.11 Å². The fraction of sp³-hybridized carbons (Fsp3) is 0.615. The van der Waals surface area contributed by atoms with Gasteiger partial charge in [0.15, 0.2) is 0 Å². The number of nitrogens with zero attached hydrogens (tertiary/aromatic N) is 1. The molecule has 0 radical (unpaired) electrons. The minimum atomic E-state index is 0.579. The first-order valence-electron chi connectivity index (χ1n) is 5.96. The van der Waals surface area contributed by atoms with E-state index in [0.717, 1.165) is 31.0 Å². The standard InChI is InChI=1S/C13H22N2O/c1-4-7-14-10-11(2)9-12-13(16-3)6-5-8-15-12/h5-6,8,11,14H,4,7,9-10H2,1-3H3. The van der Waals surface area contributed by atoms with Crippen LogP contribution in [0.3, 0.4) is 0 Å². The first kappa shape index (κ1) is 13.0. The lowest BCUT2D eigenvalue weighted by Crippen LogP contribution is -2.23. The molecule has 0 aromatic carbocycles. The smallest absolute Gasteiger partial charge is 0.140 e. The number of aromatic nitrogens is 1. The average Bonchev–Trinajstić information content (AvgIpc) is 2.30. The van der Waals surface area contributed by atoms with Gasteiger partial charge in [-0.25, -0.2) is 0 Å². The Hall–Kier alpha value is -1.09. The Morgan fingerprint density at radius 3 is 3.00 bits per heavy atom. The molecule has 1 aromatic heterocycles. The van der Waals surface area contributed by atoms with Crippen LogP contribution in [-0.4, -0.2) is 25.2 Å². The Labute approximate surface area is 98.2 Å². The number of hydrogen-bond acceptors (Lipinski definition) is 3. The topological polar surface area (TPSA) is 34.2 Å². The highest BCUT2D eigenvalue weighted by atomic mass is 16.5. The molecule has 0 aliphatic rings. The molecule has 1 atom stereocenters. The van der Waals surface area contributed by atoms with Crippen molar-refractivity contribution in [2.45, 2.75) is 26.7 Å². The van der Waals surface area contributed by atoms with Crippen LogP contribution >= 0.6 is 0 Å². The van der Waals surface area contributed by atoms with Gasteiger partial charge in [0.2, 0.25) is 0 Å². The molecule has 1 heterocycles. The summed E-state index contributed by atoms with van der Waals surface area (Å²) < 4.78 is 5.29. The van der Waals surface area contributed by atoms with E-state index in [1.807, 2.05) is 18.3 Å². The average molecular weight is 222 g/mol. The van der Waals surface area contributed by atoms with E-state index in [4.69, 9.17) is 4.74 Å². The summed E-state index contributed by atoms with van der Waals surface area (Å²) in [6.45, 7) is 6.54. The number of methoxy groups -OCH3 is 1. The molecule has 3 nitrogen and oxygen atoms in total. The summed E-state index contributed by atoms with van der Waals surface area (Å²) in [6, 6.07) is 3.87. The second-order valence-corrected chi connectivity index (χ2v) is 4.17. The van der Waals surface area contributed by atoms with Crippen LogP contribution in [0.2, 0.25) is 0 Å². The predicted octanol–water partition coefficient (Wildman–Crippen LogP) is 2.27. The minimum Gasteiger partial charge on any atom is -0.495 e. The first-order chi connectivity index (χ1) is 7.77. The van der Waals surface area contributed by atoms with Gasteiger partial charge in [-0.2, -0.15) is 0 Å². The van der Waals surface area contributed by atoms with Gasteiger partial charge >= 0.3 is 0 Å². The van der Waals surface area contributed by atoms with Crippen molar-refractivity contribution in [1.82, 2.24) is 10.3 Å². The van der Waals surface area contributed by atoms with Gasteiger partial charge in [-0.15, -0.1) is 0 Å². The molecule has 1 unspecified atom stereocenters. The second kappa shape index (κ2) is 7.23. The molecule has 0 saturated heterocycles. The normalized spacial score (nSPS) is 12.4. The van der Waals surface area contributed by atoms with Crippen LogP contribution in [0.15, 0.2) is 18.3 Å². The second-order valence-electron chi connectivity index (χ2n) is 4.17. The molecule has 0 spiro atoms. The maximum atomic E-state index is 5.29. The fourth-order valence-corrected chi connectivity index (χ4v) is 1.69. The van der Waals surface area contributed by atoms with Crippen molar-refractivity contribution in [2.24, 2.45) is 5.92 Å². The molecule has 16 heavy (non-hydrogen) atoms. The summed E-state index contributed by atoms with van der Waals surface area (Å²) in [5.41, 5.74) is 1.05. The maximum Gasteiger partial charge on any atom is 0.140 e. The highest BCUT2D eigenvalue weighted by Gasteiger charge is 2.08. The van der Waals surface area contributed by atoms with Crippen LogP contribution in [0, 0.1) is 5.92 Å². The fourth-order valence-electron chi connectivity index (χ4n) is 1.69. The predicted molar refractivity (Wildman–Crippen MR) is 66.8 cm³/mol. The van der Waals surface area contributed by atoms with Gasteiger partial charge < -0.3 is 10.1 Å². The van der Waals surface area contributed by atoms with E-state index in [1.165, 1.54) is 6.42 Å². The number of pyridine rings is 1. The number of hydrogen-bond donors (Lipinski definition) is 1. The summed E-state index contributed by atoms with van der Waals surface area (Å²) in [6.07, 6.45) is 3.96.